The maximum atomic E-state index is 12.0. The average molecular weight is 274 g/mol. The van der Waals surface area contributed by atoms with E-state index >= 15 is 0 Å². The average Bonchev–Trinajstić information content (AvgIpc) is 2.43. The van der Waals surface area contributed by atoms with Crippen LogP contribution in [-0.4, -0.2) is 20.4 Å². The number of hydrogen-bond donors (Lipinski definition) is 2. The number of H-pyrrole nitrogens is 1. The lowest BCUT2D eigenvalue weighted by molar-refractivity contribution is 0.102. The Hall–Kier alpha value is -2.70. The van der Waals surface area contributed by atoms with Crippen molar-refractivity contribution in [3.63, 3.8) is 0 Å². The molecule has 20 heavy (non-hydrogen) atoms. The molecule has 0 atom stereocenters. The second-order valence-electron chi connectivity index (χ2n) is 4.27. The Morgan fingerprint density at radius 2 is 2.20 bits per heavy atom. The monoisotopic (exact) mass is 274 g/mol. The number of nitrogens with zero attached hydrogens (tertiary/aromatic N) is 2. The van der Waals surface area contributed by atoms with Gasteiger partial charge < -0.3 is 9.88 Å². The Bertz CT molecular complexity index is 761. The third-order valence-corrected chi connectivity index (χ3v) is 2.83. The van der Waals surface area contributed by atoms with Crippen molar-refractivity contribution in [3.05, 3.63) is 56.5 Å². The lowest BCUT2D eigenvalue weighted by Gasteiger charge is -2.06. The van der Waals surface area contributed by atoms with Crippen molar-refractivity contribution in [2.24, 2.45) is 7.05 Å². The predicted molar refractivity (Wildman–Crippen MR) is 73.9 cm³/mol. The quantitative estimate of drug-likeness (QED) is 0.840. The summed E-state index contributed by atoms with van der Waals surface area (Å²) in [5.74, 6) is -0.245. The largest absolute Gasteiger partial charge is 0.328 e. The Morgan fingerprint density at radius 3 is 2.90 bits per heavy atom. The van der Waals surface area contributed by atoms with Gasteiger partial charge in [0.05, 0.1) is 0 Å². The highest BCUT2D eigenvalue weighted by atomic mass is 16.2. The zero-order chi connectivity index (χ0) is 14.7. The van der Waals surface area contributed by atoms with E-state index in [1.807, 2.05) is 13.0 Å². The van der Waals surface area contributed by atoms with E-state index < -0.39 is 17.2 Å². The van der Waals surface area contributed by atoms with E-state index in [1.165, 1.54) is 13.2 Å². The third-order valence-electron chi connectivity index (χ3n) is 2.83. The molecule has 0 saturated carbocycles. The summed E-state index contributed by atoms with van der Waals surface area (Å²) in [5, 5.41) is 2.54. The standard InChI is InChI=1S/C13H14N4O3/c1-3-8-4-5-14-10(6-8)15-11(18)9-7-17(2)13(20)16-12(9)19/h4-7H,3H2,1-2H3,(H,14,15,18)(H,16,19,20). The highest BCUT2D eigenvalue weighted by Crippen LogP contribution is 2.08. The summed E-state index contributed by atoms with van der Waals surface area (Å²) in [6, 6.07) is 3.57. The minimum Gasteiger partial charge on any atom is -0.306 e. The van der Waals surface area contributed by atoms with Crippen LogP contribution in [0, 0.1) is 0 Å². The molecule has 0 aliphatic rings. The summed E-state index contributed by atoms with van der Waals surface area (Å²) < 4.78 is 1.13. The summed E-state index contributed by atoms with van der Waals surface area (Å²) in [6.07, 6.45) is 3.59. The normalized spacial score (nSPS) is 10.3. The van der Waals surface area contributed by atoms with Crippen LogP contribution in [0.15, 0.2) is 34.1 Å². The Morgan fingerprint density at radius 1 is 1.45 bits per heavy atom. The minimum absolute atomic E-state index is 0.143. The number of carbonyl (C=O) groups is 1. The zero-order valence-electron chi connectivity index (χ0n) is 11.1. The molecule has 2 aromatic rings. The van der Waals surface area contributed by atoms with Crippen molar-refractivity contribution >= 4 is 11.7 Å². The molecular weight excluding hydrogens is 260 g/mol. The van der Waals surface area contributed by atoms with Gasteiger partial charge in [-0.1, -0.05) is 6.92 Å². The molecule has 0 unspecified atom stereocenters. The lowest BCUT2D eigenvalue weighted by Crippen LogP contribution is -2.33. The molecule has 0 spiro atoms. The zero-order valence-corrected chi connectivity index (χ0v) is 11.1. The van der Waals surface area contributed by atoms with Gasteiger partial charge in [0.15, 0.2) is 0 Å². The second-order valence-corrected chi connectivity index (χ2v) is 4.27. The molecule has 2 rings (SSSR count). The maximum Gasteiger partial charge on any atom is 0.328 e. The number of amides is 1. The van der Waals surface area contributed by atoms with Gasteiger partial charge >= 0.3 is 5.69 Å². The van der Waals surface area contributed by atoms with E-state index in [9.17, 15) is 14.4 Å². The van der Waals surface area contributed by atoms with Crippen molar-refractivity contribution in [1.29, 1.82) is 0 Å². The Balaban J connectivity index is 2.30. The van der Waals surface area contributed by atoms with Crippen molar-refractivity contribution < 1.29 is 4.79 Å². The van der Waals surface area contributed by atoms with E-state index in [4.69, 9.17) is 0 Å². The number of aryl methyl sites for hydroxylation is 2. The van der Waals surface area contributed by atoms with Crippen molar-refractivity contribution in [2.45, 2.75) is 13.3 Å². The van der Waals surface area contributed by atoms with Crippen LogP contribution in [0.3, 0.4) is 0 Å². The lowest BCUT2D eigenvalue weighted by atomic mass is 10.2. The van der Waals surface area contributed by atoms with Crippen LogP contribution in [-0.2, 0) is 13.5 Å². The molecule has 0 aliphatic heterocycles. The van der Waals surface area contributed by atoms with Crippen LogP contribution in [0.25, 0.3) is 0 Å². The first-order valence-electron chi connectivity index (χ1n) is 6.07. The first-order chi connectivity index (χ1) is 9.51. The van der Waals surface area contributed by atoms with Crippen molar-refractivity contribution in [1.82, 2.24) is 14.5 Å². The van der Waals surface area contributed by atoms with Gasteiger partial charge in [-0.05, 0) is 24.1 Å². The minimum atomic E-state index is -0.725. The highest BCUT2D eigenvalue weighted by molar-refractivity contribution is 6.03. The smallest absolute Gasteiger partial charge is 0.306 e. The number of aromatic nitrogens is 3. The number of hydrogen-bond acceptors (Lipinski definition) is 4. The first-order valence-corrected chi connectivity index (χ1v) is 6.07. The van der Waals surface area contributed by atoms with Gasteiger partial charge in [0.1, 0.15) is 11.4 Å². The third kappa shape index (κ3) is 2.82. The fourth-order valence-electron chi connectivity index (χ4n) is 1.67. The molecule has 0 fully saturated rings. The molecule has 7 heteroatoms. The van der Waals surface area contributed by atoms with E-state index in [0.717, 1.165) is 16.6 Å². The van der Waals surface area contributed by atoms with Gasteiger partial charge in [0.2, 0.25) is 0 Å². The molecule has 2 heterocycles. The summed E-state index contributed by atoms with van der Waals surface area (Å²) in [5.41, 5.74) is -0.421. The van der Waals surface area contributed by atoms with Crippen molar-refractivity contribution in [2.75, 3.05) is 5.32 Å². The molecular formula is C13H14N4O3. The molecule has 2 N–H and O–H groups in total. The molecule has 0 aromatic carbocycles. The summed E-state index contributed by atoms with van der Waals surface area (Å²) in [7, 11) is 1.45. The second kappa shape index (κ2) is 5.52. The molecule has 0 saturated heterocycles. The number of pyridine rings is 1. The first kappa shape index (κ1) is 13.7. The molecule has 0 aliphatic carbocycles. The van der Waals surface area contributed by atoms with Crippen LogP contribution in [0.4, 0.5) is 5.82 Å². The molecule has 2 aromatic heterocycles. The summed E-state index contributed by atoms with van der Waals surface area (Å²) in [4.78, 5) is 40.9. The number of aromatic amines is 1. The molecule has 0 bridgehead atoms. The summed E-state index contributed by atoms with van der Waals surface area (Å²) in [6.45, 7) is 1.98. The molecule has 7 nitrogen and oxygen atoms in total. The fourth-order valence-corrected chi connectivity index (χ4v) is 1.67. The summed E-state index contributed by atoms with van der Waals surface area (Å²) >= 11 is 0. The van der Waals surface area contributed by atoms with Gasteiger partial charge in [-0.3, -0.25) is 14.6 Å². The van der Waals surface area contributed by atoms with E-state index in [0.29, 0.717) is 5.82 Å². The van der Waals surface area contributed by atoms with Gasteiger partial charge in [-0.25, -0.2) is 9.78 Å². The number of carbonyl (C=O) groups excluding carboxylic acids is 1. The molecule has 1 amide bonds. The van der Waals surface area contributed by atoms with E-state index in [-0.39, 0.29) is 5.56 Å². The highest BCUT2D eigenvalue weighted by Gasteiger charge is 2.13. The molecule has 0 radical (unpaired) electrons. The number of nitrogens with one attached hydrogen (secondary N) is 2. The van der Waals surface area contributed by atoms with Gasteiger partial charge in [-0.15, -0.1) is 0 Å². The van der Waals surface area contributed by atoms with Crippen molar-refractivity contribution in [3.8, 4) is 0 Å². The number of anilines is 1. The van der Waals surface area contributed by atoms with Crippen LogP contribution >= 0.6 is 0 Å². The Labute approximate surface area is 114 Å². The fraction of sp³-hybridized carbons (Fsp3) is 0.231. The Kier molecular flexibility index (Phi) is 3.79. The van der Waals surface area contributed by atoms with Crippen LogP contribution in [0.5, 0.6) is 0 Å². The number of rotatable bonds is 3. The topological polar surface area (TPSA) is 96.8 Å². The predicted octanol–water partition coefficient (Wildman–Crippen LogP) is 0.283. The van der Waals surface area contributed by atoms with Crippen LogP contribution in [0.2, 0.25) is 0 Å². The van der Waals surface area contributed by atoms with Crippen LogP contribution in [0.1, 0.15) is 22.8 Å². The maximum absolute atomic E-state index is 12.0. The SMILES string of the molecule is CCc1ccnc(NC(=O)c2cn(C)c(=O)[nH]c2=O)c1. The van der Waals surface area contributed by atoms with Gasteiger partial charge in [0, 0.05) is 19.4 Å². The van der Waals surface area contributed by atoms with Crippen LogP contribution < -0.4 is 16.6 Å². The van der Waals surface area contributed by atoms with Gasteiger partial charge in [0.25, 0.3) is 11.5 Å². The molecule has 104 valence electrons. The van der Waals surface area contributed by atoms with E-state index in [1.54, 1.807) is 12.3 Å². The van der Waals surface area contributed by atoms with Gasteiger partial charge in [-0.2, -0.15) is 0 Å². The van der Waals surface area contributed by atoms with E-state index in [2.05, 4.69) is 15.3 Å².